The summed E-state index contributed by atoms with van der Waals surface area (Å²) in [5, 5.41) is 8.93. The van der Waals surface area contributed by atoms with E-state index in [0.717, 1.165) is 35.2 Å². The van der Waals surface area contributed by atoms with Crippen LogP contribution >= 0.6 is 15.9 Å². The van der Waals surface area contributed by atoms with Crippen LogP contribution in [0, 0.1) is 0 Å². The standard InChI is InChI=1S/C13H17BrO3/c1-2-10-9(4-3-5-15)8-11(14)13-12(10)16-6-7-17-13/h8,15H,2-7H2,1H3. The molecule has 1 N–H and O–H groups in total. The minimum atomic E-state index is 0.217. The molecule has 2 rings (SSSR count). The number of rotatable bonds is 4. The summed E-state index contributed by atoms with van der Waals surface area (Å²) in [5.74, 6) is 1.70. The van der Waals surface area contributed by atoms with Crippen molar-refractivity contribution in [2.45, 2.75) is 26.2 Å². The van der Waals surface area contributed by atoms with Crippen LogP contribution in [0.25, 0.3) is 0 Å². The average Bonchev–Trinajstić information content (AvgIpc) is 2.36. The Morgan fingerprint density at radius 1 is 1.29 bits per heavy atom. The molecule has 17 heavy (non-hydrogen) atoms. The zero-order valence-electron chi connectivity index (χ0n) is 9.96. The van der Waals surface area contributed by atoms with E-state index in [9.17, 15) is 0 Å². The van der Waals surface area contributed by atoms with Crippen LogP contribution in [0.5, 0.6) is 11.5 Å². The van der Waals surface area contributed by atoms with Gasteiger partial charge < -0.3 is 14.6 Å². The van der Waals surface area contributed by atoms with Gasteiger partial charge in [0.2, 0.25) is 0 Å². The predicted molar refractivity (Wildman–Crippen MR) is 69.9 cm³/mol. The van der Waals surface area contributed by atoms with Gasteiger partial charge in [-0.3, -0.25) is 0 Å². The maximum Gasteiger partial charge on any atom is 0.175 e. The molecule has 0 amide bonds. The molecule has 0 saturated heterocycles. The van der Waals surface area contributed by atoms with Gasteiger partial charge in [-0.15, -0.1) is 0 Å². The second-order valence-electron chi connectivity index (χ2n) is 4.03. The quantitative estimate of drug-likeness (QED) is 0.929. The normalized spacial score (nSPS) is 13.8. The maximum absolute atomic E-state index is 8.93. The molecule has 0 radical (unpaired) electrons. The minimum Gasteiger partial charge on any atom is -0.486 e. The summed E-state index contributed by atoms with van der Waals surface area (Å²) < 4.78 is 12.3. The fourth-order valence-corrected chi connectivity index (χ4v) is 2.72. The molecule has 0 fully saturated rings. The van der Waals surface area contributed by atoms with Gasteiger partial charge in [-0.25, -0.2) is 0 Å². The Labute approximate surface area is 110 Å². The maximum atomic E-state index is 8.93. The number of hydrogen-bond acceptors (Lipinski definition) is 3. The number of aryl methyl sites for hydroxylation is 1. The lowest BCUT2D eigenvalue weighted by Gasteiger charge is -2.24. The number of fused-ring (bicyclic) bond motifs is 1. The van der Waals surface area contributed by atoms with Gasteiger partial charge in [0.15, 0.2) is 11.5 Å². The number of aliphatic hydroxyl groups is 1. The van der Waals surface area contributed by atoms with E-state index < -0.39 is 0 Å². The van der Waals surface area contributed by atoms with Gasteiger partial charge in [0, 0.05) is 12.2 Å². The van der Waals surface area contributed by atoms with Crippen molar-refractivity contribution in [3.8, 4) is 11.5 Å². The van der Waals surface area contributed by atoms with Crippen LogP contribution in [-0.2, 0) is 12.8 Å². The molecule has 4 heteroatoms. The van der Waals surface area contributed by atoms with Gasteiger partial charge in [0.1, 0.15) is 13.2 Å². The number of benzene rings is 1. The molecular formula is C13H17BrO3. The summed E-state index contributed by atoms with van der Waals surface area (Å²) in [5.41, 5.74) is 2.44. The summed E-state index contributed by atoms with van der Waals surface area (Å²) in [6.07, 6.45) is 2.56. The molecule has 1 aliphatic heterocycles. The van der Waals surface area contributed by atoms with Gasteiger partial charge in [0.05, 0.1) is 4.47 Å². The highest BCUT2D eigenvalue weighted by molar-refractivity contribution is 9.10. The smallest absolute Gasteiger partial charge is 0.175 e. The largest absolute Gasteiger partial charge is 0.486 e. The molecule has 0 spiro atoms. The van der Waals surface area contributed by atoms with E-state index in [-0.39, 0.29) is 6.61 Å². The first-order valence-corrected chi connectivity index (χ1v) is 6.78. The van der Waals surface area contributed by atoms with Crippen molar-refractivity contribution >= 4 is 15.9 Å². The Bertz CT molecular complexity index is 404. The molecule has 0 saturated carbocycles. The first-order chi connectivity index (χ1) is 8.27. The molecule has 0 unspecified atom stereocenters. The number of hydrogen-bond donors (Lipinski definition) is 1. The lowest BCUT2D eigenvalue weighted by Crippen LogP contribution is -2.17. The zero-order valence-corrected chi connectivity index (χ0v) is 11.5. The van der Waals surface area contributed by atoms with Crippen molar-refractivity contribution in [2.75, 3.05) is 19.8 Å². The molecule has 1 aromatic rings. The van der Waals surface area contributed by atoms with Crippen LogP contribution in [0.3, 0.4) is 0 Å². The molecule has 3 nitrogen and oxygen atoms in total. The van der Waals surface area contributed by atoms with Crippen molar-refractivity contribution < 1.29 is 14.6 Å². The van der Waals surface area contributed by atoms with Crippen LogP contribution in [0.2, 0.25) is 0 Å². The molecule has 1 aliphatic rings. The molecular weight excluding hydrogens is 284 g/mol. The minimum absolute atomic E-state index is 0.217. The van der Waals surface area contributed by atoms with Crippen LogP contribution in [0.15, 0.2) is 10.5 Å². The molecule has 0 atom stereocenters. The van der Waals surface area contributed by atoms with Gasteiger partial charge in [-0.2, -0.15) is 0 Å². The third kappa shape index (κ3) is 2.58. The first-order valence-electron chi connectivity index (χ1n) is 5.98. The Kier molecular flexibility index (Phi) is 4.29. The van der Waals surface area contributed by atoms with Crippen LogP contribution < -0.4 is 9.47 Å². The monoisotopic (exact) mass is 300 g/mol. The highest BCUT2D eigenvalue weighted by Gasteiger charge is 2.21. The second kappa shape index (κ2) is 5.74. The summed E-state index contributed by atoms with van der Waals surface area (Å²) in [6, 6.07) is 2.09. The average molecular weight is 301 g/mol. The van der Waals surface area contributed by atoms with Crippen molar-refractivity contribution in [1.82, 2.24) is 0 Å². The van der Waals surface area contributed by atoms with E-state index >= 15 is 0 Å². The topological polar surface area (TPSA) is 38.7 Å². The Morgan fingerprint density at radius 2 is 2.00 bits per heavy atom. The molecule has 1 heterocycles. The molecule has 0 aliphatic carbocycles. The molecule has 0 bridgehead atoms. The molecule has 0 aromatic heterocycles. The Balaban J connectivity index is 2.42. The summed E-state index contributed by atoms with van der Waals surface area (Å²) in [4.78, 5) is 0. The van der Waals surface area contributed by atoms with Crippen LogP contribution in [-0.4, -0.2) is 24.9 Å². The lowest BCUT2D eigenvalue weighted by molar-refractivity contribution is 0.168. The number of aliphatic hydroxyl groups excluding tert-OH is 1. The van der Waals surface area contributed by atoms with Crippen molar-refractivity contribution in [2.24, 2.45) is 0 Å². The van der Waals surface area contributed by atoms with E-state index in [0.29, 0.717) is 13.2 Å². The highest BCUT2D eigenvalue weighted by atomic mass is 79.9. The third-order valence-electron chi connectivity index (χ3n) is 2.92. The van der Waals surface area contributed by atoms with Crippen molar-refractivity contribution in [3.63, 3.8) is 0 Å². The van der Waals surface area contributed by atoms with Crippen molar-refractivity contribution in [1.29, 1.82) is 0 Å². The number of ether oxygens (including phenoxy) is 2. The van der Waals surface area contributed by atoms with E-state index in [1.807, 2.05) is 0 Å². The Morgan fingerprint density at radius 3 is 2.65 bits per heavy atom. The van der Waals surface area contributed by atoms with E-state index in [1.165, 1.54) is 11.1 Å². The van der Waals surface area contributed by atoms with Gasteiger partial charge in [0.25, 0.3) is 0 Å². The van der Waals surface area contributed by atoms with Crippen LogP contribution in [0.1, 0.15) is 24.5 Å². The SMILES string of the molecule is CCc1c(CCCO)cc(Br)c2c1OCCO2. The third-order valence-corrected chi connectivity index (χ3v) is 3.51. The summed E-state index contributed by atoms with van der Waals surface area (Å²) >= 11 is 3.52. The van der Waals surface area contributed by atoms with E-state index in [2.05, 4.69) is 28.9 Å². The van der Waals surface area contributed by atoms with Gasteiger partial charge in [-0.05, 0) is 46.8 Å². The lowest BCUT2D eigenvalue weighted by atomic mass is 9.99. The van der Waals surface area contributed by atoms with E-state index in [4.69, 9.17) is 14.6 Å². The Hall–Kier alpha value is -0.740. The molecule has 94 valence electrons. The van der Waals surface area contributed by atoms with Crippen LogP contribution in [0.4, 0.5) is 0 Å². The van der Waals surface area contributed by atoms with Gasteiger partial charge >= 0.3 is 0 Å². The zero-order chi connectivity index (χ0) is 12.3. The molecule has 1 aromatic carbocycles. The highest BCUT2D eigenvalue weighted by Crippen LogP contribution is 2.42. The summed E-state index contributed by atoms with van der Waals surface area (Å²) in [7, 11) is 0. The van der Waals surface area contributed by atoms with Gasteiger partial charge in [-0.1, -0.05) is 6.92 Å². The number of halogens is 1. The fourth-order valence-electron chi connectivity index (χ4n) is 2.15. The fraction of sp³-hybridized carbons (Fsp3) is 0.538. The van der Waals surface area contributed by atoms with E-state index in [1.54, 1.807) is 0 Å². The van der Waals surface area contributed by atoms with Crippen molar-refractivity contribution in [3.05, 3.63) is 21.7 Å². The first kappa shape index (κ1) is 12.7. The second-order valence-corrected chi connectivity index (χ2v) is 4.89. The summed E-state index contributed by atoms with van der Waals surface area (Å²) in [6.45, 7) is 3.54. The predicted octanol–water partition coefficient (Wildman–Crippen LogP) is 2.71.